The Bertz CT molecular complexity index is 300. The minimum atomic E-state index is -1.81. The number of methoxy groups -OCH3 is 1. The van der Waals surface area contributed by atoms with Crippen LogP contribution in [0, 0.1) is 0 Å². The van der Waals surface area contributed by atoms with Crippen molar-refractivity contribution < 1.29 is 24.8 Å². The molecule has 0 aliphatic rings. The van der Waals surface area contributed by atoms with Gasteiger partial charge in [-0.15, -0.1) is 0 Å². The van der Waals surface area contributed by atoms with Gasteiger partial charge in [0.2, 0.25) is 0 Å². The van der Waals surface area contributed by atoms with Gasteiger partial charge < -0.3 is 24.8 Å². The molecule has 0 aromatic heterocycles. The highest BCUT2D eigenvalue weighted by Gasteiger charge is 2.14. The van der Waals surface area contributed by atoms with Gasteiger partial charge in [-0.25, -0.2) is 0 Å². The maximum atomic E-state index is 9.09. The molecule has 15 heavy (non-hydrogen) atoms. The van der Waals surface area contributed by atoms with E-state index in [0.29, 0.717) is 11.5 Å². The summed E-state index contributed by atoms with van der Waals surface area (Å²) in [4.78, 5) is 0. The lowest BCUT2D eigenvalue weighted by molar-refractivity contribution is -0.132. The Balaban J connectivity index is 2.57. The topological polar surface area (TPSA) is 79.2 Å². The van der Waals surface area contributed by atoms with Crippen LogP contribution in [0.1, 0.15) is 0 Å². The van der Waals surface area contributed by atoms with Gasteiger partial charge in [-0.05, 0) is 12.1 Å². The highest BCUT2D eigenvalue weighted by atomic mass is 16.5. The molecular formula is C10H14O5. The van der Waals surface area contributed by atoms with Gasteiger partial charge in [-0.3, -0.25) is 0 Å². The number of benzene rings is 1. The molecule has 0 saturated carbocycles. The molecule has 0 amide bonds. The van der Waals surface area contributed by atoms with Crippen LogP contribution in [0.5, 0.6) is 11.5 Å². The maximum absolute atomic E-state index is 9.09. The highest BCUT2D eigenvalue weighted by Crippen LogP contribution is 2.25. The van der Waals surface area contributed by atoms with Crippen molar-refractivity contribution in [2.75, 3.05) is 13.7 Å². The van der Waals surface area contributed by atoms with E-state index in [0.717, 1.165) is 0 Å². The summed E-state index contributed by atoms with van der Waals surface area (Å²) in [6.07, 6.45) is -3.14. The summed E-state index contributed by atoms with van der Waals surface area (Å²) < 4.78 is 10.2. The van der Waals surface area contributed by atoms with Crippen LogP contribution in [-0.2, 0) is 0 Å². The Morgan fingerprint density at radius 3 is 2.27 bits per heavy atom. The van der Waals surface area contributed by atoms with Crippen molar-refractivity contribution in [3.63, 3.8) is 0 Å². The number of aliphatic hydroxyl groups excluding tert-OH is 2. The molecule has 1 atom stereocenters. The fourth-order valence-corrected chi connectivity index (χ4v) is 0.999. The van der Waals surface area contributed by atoms with Crippen LogP contribution in [0.4, 0.5) is 0 Å². The second kappa shape index (κ2) is 5.55. The fourth-order valence-electron chi connectivity index (χ4n) is 0.999. The van der Waals surface area contributed by atoms with Crippen molar-refractivity contribution in [1.29, 1.82) is 0 Å². The first-order chi connectivity index (χ1) is 7.15. The van der Waals surface area contributed by atoms with Crippen LogP contribution in [0.3, 0.4) is 0 Å². The third kappa shape index (κ3) is 3.39. The van der Waals surface area contributed by atoms with Gasteiger partial charge in [-0.1, -0.05) is 12.1 Å². The highest BCUT2D eigenvalue weighted by molar-refractivity contribution is 5.39. The first-order valence-corrected chi connectivity index (χ1v) is 4.45. The summed E-state index contributed by atoms with van der Waals surface area (Å²) in [5.74, 6) is 0.969. The first-order valence-electron chi connectivity index (χ1n) is 4.45. The molecule has 1 aromatic rings. The van der Waals surface area contributed by atoms with E-state index in [1.807, 2.05) is 0 Å². The standard InChI is InChI=1S/C10H14O5/c1-14-8-4-2-3-5-9(8)15-6-7(11)10(12)13/h2-5,7,10-13H,6H2,1H3. The number of hydrogen-bond donors (Lipinski definition) is 3. The maximum Gasteiger partial charge on any atom is 0.181 e. The van der Waals surface area contributed by atoms with Crippen molar-refractivity contribution >= 4 is 0 Å². The summed E-state index contributed by atoms with van der Waals surface area (Å²) >= 11 is 0. The molecule has 0 radical (unpaired) electrons. The summed E-state index contributed by atoms with van der Waals surface area (Å²) in [6, 6.07) is 6.90. The zero-order chi connectivity index (χ0) is 11.3. The normalized spacial score (nSPS) is 12.6. The molecule has 1 unspecified atom stereocenters. The molecule has 84 valence electrons. The van der Waals surface area contributed by atoms with Crippen LogP contribution < -0.4 is 9.47 Å². The SMILES string of the molecule is COc1ccccc1OCC(O)C(O)O. The molecule has 3 N–H and O–H groups in total. The number of aliphatic hydroxyl groups is 3. The predicted molar refractivity (Wildman–Crippen MR) is 52.7 cm³/mol. The number of hydrogen-bond acceptors (Lipinski definition) is 5. The van der Waals surface area contributed by atoms with Crippen molar-refractivity contribution in [3.05, 3.63) is 24.3 Å². The Morgan fingerprint density at radius 2 is 1.73 bits per heavy atom. The Morgan fingerprint density at radius 1 is 1.13 bits per heavy atom. The second-order valence-electron chi connectivity index (χ2n) is 2.94. The minimum absolute atomic E-state index is 0.210. The van der Waals surface area contributed by atoms with E-state index in [4.69, 9.17) is 24.8 Å². The first kappa shape index (κ1) is 11.8. The summed E-state index contributed by atoms with van der Waals surface area (Å²) in [5.41, 5.74) is 0. The van der Waals surface area contributed by atoms with Gasteiger partial charge in [0.1, 0.15) is 12.7 Å². The second-order valence-corrected chi connectivity index (χ2v) is 2.94. The molecule has 0 bridgehead atoms. The van der Waals surface area contributed by atoms with Crippen molar-refractivity contribution in [3.8, 4) is 11.5 Å². The quantitative estimate of drug-likeness (QED) is 0.589. The van der Waals surface area contributed by atoms with Gasteiger partial charge in [0, 0.05) is 0 Å². The smallest absolute Gasteiger partial charge is 0.181 e. The Labute approximate surface area is 87.5 Å². The lowest BCUT2D eigenvalue weighted by Crippen LogP contribution is -2.31. The molecule has 1 aromatic carbocycles. The van der Waals surface area contributed by atoms with Gasteiger partial charge in [0.15, 0.2) is 17.8 Å². The lowest BCUT2D eigenvalue weighted by atomic mass is 10.3. The van der Waals surface area contributed by atoms with Crippen LogP contribution in [-0.4, -0.2) is 41.4 Å². The van der Waals surface area contributed by atoms with Crippen LogP contribution in [0.25, 0.3) is 0 Å². The number of ether oxygens (including phenoxy) is 2. The predicted octanol–water partition coefficient (Wildman–Crippen LogP) is -0.254. The van der Waals surface area contributed by atoms with Crippen LogP contribution >= 0.6 is 0 Å². The van der Waals surface area contributed by atoms with Crippen molar-refractivity contribution in [2.45, 2.75) is 12.4 Å². The third-order valence-corrected chi connectivity index (χ3v) is 1.82. The Kier molecular flexibility index (Phi) is 4.36. The summed E-state index contributed by atoms with van der Waals surface area (Å²) in [5, 5.41) is 26.3. The largest absolute Gasteiger partial charge is 0.493 e. The third-order valence-electron chi connectivity index (χ3n) is 1.82. The molecule has 0 heterocycles. The van der Waals surface area contributed by atoms with E-state index in [1.54, 1.807) is 24.3 Å². The van der Waals surface area contributed by atoms with E-state index in [1.165, 1.54) is 7.11 Å². The number of para-hydroxylation sites is 2. The van der Waals surface area contributed by atoms with E-state index < -0.39 is 12.4 Å². The van der Waals surface area contributed by atoms with Gasteiger partial charge in [0.05, 0.1) is 7.11 Å². The fraction of sp³-hybridized carbons (Fsp3) is 0.400. The molecule has 5 nitrogen and oxygen atoms in total. The Hall–Kier alpha value is -1.30. The monoisotopic (exact) mass is 214 g/mol. The molecule has 0 aliphatic heterocycles. The van der Waals surface area contributed by atoms with Crippen molar-refractivity contribution in [1.82, 2.24) is 0 Å². The molecular weight excluding hydrogens is 200 g/mol. The van der Waals surface area contributed by atoms with E-state index in [9.17, 15) is 0 Å². The van der Waals surface area contributed by atoms with Gasteiger partial charge in [-0.2, -0.15) is 0 Å². The van der Waals surface area contributed by atoms with E-state index in [-0.39, 0.29) is 6.61 Å². The summed E-state index contributed by atoms with van der Waals surface area (Å²) in [6.45, 7) is -0.210. The molecule has 1 rings (SSSR count). The van der Waals surface area contributed by atoms with Crippen molar-refractivity contribution in [2.24, 2.45) is 0 Å². The van der Waals surface area contributed by atoms with Crippen LogP contribution in [0.15, 0.2) is 24.3 Å². The molecule has 5 heteroatoms. The minimum Gasteiger partial charge on any atom is -0.493 e. The van der Waals surface area contributed by atoms with Gasteiger partial charge >= 0.3 is 0 Å². The summed E-state index contributed by atoms with van der Waals surface area (Å²) in [7, 11) is 1.50. The van der Waals surface area contributed by atoms with Gasteiger partial charge in [0.25, 0.3) is 0 Å². The molecule has 0 fully saturated rings. The average Bonchev–Trinajstić information content (AvgIpc) is 2.26. The average molecular weight is 214 g/mol. The lowest BCUT2D eigenvalue weighted by Gasteiger charge is -2.15. The molecule has 0 aliphatic carbocycles. The number of rotatable bonds is 5. The molecule has 0 saturated heterocycles. The zero-order valence-corrected chi connectivity index (χ0v) is 8.33. The van der Waals surface area contributed by atoms with Crippen LogP contribution in [0.2, 0.25) is 0 Å². The van der Waals surface area contributed by atoms with E-state index in [2.05, 4.69) is 0 Å². The molecule has 0 spiro atoms. The zero-order valence-electron chi connectivity index (χ0n) is 8.33. The van der Waals surface area contributed by atoms with E-state index >= 15 is 0 Å².